The zero-order valence-electron chi connectivity index (χ0n) is 25.9. The fraction of sp³-hybridized carbons (Fsp3) is 0.441. The second kappa shape index (κ2) is 12.0. The molecule has 0 radical (unpaired) electrons. The van der Waals surface area contributed by atoms with Gasteiger partial charge < -0.3 is 19.4 Å². The molecule has 2 aromatic carbocycles. The SMILES string of the molecule is CC(C)(C)OC(=O)NCC1(c2cccc(-c3ncnc4c3ccn4COCC[Si](C)(C)C)c2)CCc2ccccc2C1. The highest BCUT2D eigenvalue weighted by molar-refractivity contribution is 6.76. The minimum atomic E-state index is -1.14. The number of carbonyl (C=O) groups is 1. The van der Waals surface area contributed by atoms with Crippen molar-refractivity contribution in [3.63, 3.8) is 0 Å². The minimum Gasteiger partial charge on any atom is -0.444 e. The molecule has 8 heteroatoms. The van der Waals surface area contributed by atoms with Crippen molar-refractivity contribution < 1.29 is 14.3 Å². The van der Waals surface area contributed by atoms with Crippen molar-refractivity contribution in [3.05, 3.63) is 83.8 Å². The molecule has 1 N–H and O–H groups in total. The summed E-state index contributed by atoms with van der Waals surface area (Å²) in [7, 11) is -1.14. The van der Waals surface area contributed by atoms with Crippen LogP contribution in [0.5, 0.6) is 0 Å². The second-order valence-corrected chi connectivity index (χ2v) is 19.4. The number of hydrogen-bond donors (Lipinski definition) is 1. The average molecular weight is 585 g/mol. The van der Waals surface area contributed by atoms with Crippen LogP contribution in [0.25, 0.3) is 22.3 Å². The molecule has 1 amide bonds. The van der Waals surface area contributed by atoms with Gasteiger partial charge in [0.25, 0.3) is 0 Å². The average Bonchev–Trinajstić information content (AvgIpc) is 3.36. The summed E-state index contributed by atoms with van der Waals surface area (Å²) in [6.45, 7) is 14.5. The summed E-state index contributed by atoms with van der Waals surface area (Å²) in [5, 5.41) is 4.10. The molecule has 0 aliphatic heterocycles. The largest absolute Gasteiger partial charge is 0.444 e. The van der Waals surface area contributed by atoms with Gasteiger partial charge in [0.1, 0.15) is 24.3 Å². The second-order valence-electron chi connectivity index (χ2n) is 13.8. The van der Waals surface area contributed by atoms with E-state index >= 15 is 0 Å². The molecule has 0 fully saturated rings. The van der Waals surface area contributed by atoms with Gasteiger partial charge in [-0.1, -0.05) is 62.1 Å². The van der Waals surface area contributed by atoms with Crippen molar-refractivity contribution in [1.29, 1.82) is 0 Å². The third kappa shape index (κ3) is 7.10. The highest BCUT2D eigenvalue weighted by Gasteiger charge is 2.37. The van der Waals surface area contributed by atoms with Crippen LogP contribution in [0.2, 0.25) is 25.7 Å². The highest BCUT2D eigenvalue weighted by Crippen LogP contribution is 2.40. The lowest BCUT2D eigenvalue weighted by molar-refractivity contribution is 0.0511. The lowest BCUT2D eigenvalue weighted by Crippen LogP contribution is -2.46. The van der Waals surface area contributed by atoms with E-state index in [0.717, 1.165) is 54.2 Å². The summed E-state index contributed by atoms with van der Waals surface area (Å²) in [6.07, 6.45) is 6.00. The Balaban J connectivity index is 1.44. The van der Waals surface area contributed by atoms with E-state index in [1.807, 2.05) is 27.0 Å². The van der Waals surface area contributed by atoms with E-state index < -0.39 is 13.7 Å². The van der Waals surface area contributed by atoms with Crippen molar-refractivity contribution in [1.82, 2.24) is 19.9 Å². The van der Waals surface area contributed by atoms with Crippen molar-refractivity contribution >= 4 is 25.2 Å². The Morgan fingerprint density at radius 3 is 2.60 bits per heavy atom. The number of ether oxygens (including phenoxy) is 2. The summed E-state index contributed by atoms with van der Waals surface area (Å²) in [5.74, 6) is 0. The molecule has 1 aliphatic carbocycles. The van der Waals surface area contributed by atoms with Gasteiger partial charge in [-0.15, -0.1) is 0 Å². The topological polar surface area (TPSA) is 78.3 Å². The molecule has 1 aliphatic rings. The Kier molecular flexibility index (Phi) is 8.58. The maximum Gasteiger partial charge on any atom is 0.407 e. The number of aryl methyl sites for hydroxylation is 1. The van der Waals surface area contributed by atoms with E-state index in [1.54, 1.807) is 6.33 Å². The van der Waals surface area contributed by atoms with E-state index in [9.17, 15) is 4.79 Å². The first-order valence-electron chi connectivity index (χ1n) is 14.9. The first kappa shape index (κ1) is 30.0. The fourth-order valence-corrected chi connectivity index (χ4v) is 6.49. The van der Waals surface area contributed by atoms with Crippen LogP contribution in [0.3, 0.4) is 0 Å². The molecule has 0 spiro atoms. The van der Waals surface area contributed by atoms with Crippen LogP contribution in [0, 0.1) is 0 Å². The number of alkyl carbamates (subject to hydrolysis) is 1. The number of amides is 1. The monoisotopic (exact) mass is 584 g/mol. The summed E-state index contributed by atoms with van der Waals surface area (Å²) in [6, 6.07) is 20.5. The molecule has 42 heavy (non-hydrogen) atoms. The molecule has 7 nitrogen and oxygen atoms in total. The number of aromatic nitrogens is 3. The van der Waals surface area contributed by atoms with Gasteiger partial charge in [0.2, 0.25) is 0 Å². The molecule has 0 bridgehead atoms. The summed E-state index contributed by atoms with van der Waals surface area (Å²) in [5.41, 5.74) is 5.87. The van der Waals surface area contributed by atoms with Crippen LogP contribution >= 0.6 is 0 Å². The van der Waals surface area contributed by atoms with Gasteiger partial charge in [-0.3, -0.25) is 0 Å². The lowest BCUT2D eigenvalue weighted by atomic mass is 9.67. The molecule has 0 saturated heterocycles. The van der Waals surface area contributed by atoms with Crippen molar-refractivity contribution in [3.8, 4) is 11.3 Å². The van der Waals surface area contributed by atoms with Crippen LogP contribution in [-0.4, -0.2) is 47.5 Å². The highest BCUT2D eigenvalue weighted by atomic mass is 28.3. The maximum absolute atomic E-state index is 12.7. The van der Waals surface area contributed by atoms with E-state index in [-0.39, 0.29) is 11.5 Å². The van der Waals surface area contributed by atoms with Crippen LogP contribution in [-0.2, 0) is 34.5 Å². The number of rotatable bonds is 9. The third-order valence-electron chi connectivity index (χ3n) is 8.02. The molecule has 4 aromatic rings. The van der Waals surface area contributed by atoms with Gasteiger partial charge in [-0.2, -0.15) is 0 Å². The minimum absolute atomic E-state index is 0.274. The summed E-state index contributed by atoms with van der Waals surface area (Å²) >= 11 is 0. The molecule has 1 atom stereocenters. The van der Waals surface area contributed by atoms with Gasteiger partial charge in [0, 0.05) is 43.8 Å². The molecule has 222 valence electrons. The first-order chi connectivity index (χ1) is 19.9. The van der Waals surface area contributed by atoms with Crippen LogP contribution in [0.1, 0.15) is 43.9 Å². The molecular formula is C34H44N4O3Si. The number of nitrogens with one attached hydrogen (secondary N) is 1. The summed E-state index contributed by atoms with van der Waals surface area (Å²) in [4.78, 5) is 22.1. The normalized spacial score (nSPS) is 17.2. The fourth-order valence-electron chi connectivity index (χ4n) is 5.73. The molecule has 0 saturated carbocycles. The third-order valence-corrected chi connectivity index (χ3v) is 9.73. The Hall–Kier alpha value is -3.49. The Morgan fingerprint density at radius 2 is 1.83 bits per heavy atom. The van der Waals surface area contributed by atoms with Crippen molar-refractivity contribution in [2.75, 3.05) is 13.2 Å². The maximum atomic E-state index is 12.7. The van der Waals surface area contributed by atoms with Crippen LogP contribution < -0.4 is 5.32 Å². The first-order valence-corrected chi connectivity index (χ1v) is 18.7. The van der Waals surface area contributed by atoms with Crippen molar-refractivity contribution in [2.45, 2.75) is 83.5 Å². The van der Waals surface area contributed by atoms with Gasteiger partial charge in [-0.25, -0.2) is 14.8 Å². The molecular weight excluding hydrogens is 540 g/mol. The number of benzene rings is 2. The quantitative estimate of drug-likeness (QED) is 0.164. The van der Waals surface area contributed by atoms with Gasteiger partial charge in [-0.05, 0) is 74.9 Å². The van der Waals surface area contributed by atoms with Gasteiger partial charge in [0.15, 0.2) is 0 Å². The van der Waals surface area contributed by atoms with Crippen LogP contribution in [0.4, 0.5) is 4.79 Å². The number of nitrogens with zero attached hydrogens (tertiary/aromatic N) is 3. The van der Waals surface area contributed by atoms with E-state index in [2.05, 4.69) is 89.1 Å². The zero-order chi connectivity index (χ0) is 30.0. The zero-order valence-corrected chi connectivity index (χ0v) is 26.9. The predicted octanol–water partition coefficient (Wildman–Crippen LogP) is 7.36. The molecule has 1 unspecified atom stereocenters. The summed E-state index contributed by atoms with van der Waals surface area (Å²) < 4.78 is 13.7. The number of fused-ring (bicyclic) bond motifs is 2. The van der Waals surface area contributed by atoms with Crippen LogP contribution in [0.15, 0.2) is 67.1 Å². The Morgan fingerprint density at radius 1 is 1.05 bits per heavy atom. The lowest BCUT2D eigenvalue weighted by Gasteiger charge is -2.39. The van der Waals surface area contributed by atoms with Gasteiger partial charge >= 0.3 is 6.09 Å². The number of hydrogen-bond acceptors (Lipinski definition) is 5. The standard InChI is InChI=1S/C34H44N4O3Si/c1-33(2,3)41-32(39)35-22-34(16-14-25-10-7-8-11-27(25)21-34)28-13-9-12-26(20-28)30-29-15-17-38(31(29)37-23-36-30)24-40-18-19-42(4,5)6/h7-13,15,17,20,23H,14,16,18-19,21-22,24H2,1-6H3,(H,35,39). The van der Waals surface area contributed by atoms with E-state index in [0.29, 0.717) is 13.3 Å². The van der Waals surface area contributed by atoms with E-state index in [4.69, 9.17) is 14.5 Å². The van der Waals surface area contributed by atoms with Gasteiger partial charge in [0.05, 0.1) is 5.69 Å². The van der Waals surface area contributed by atoms with Crippen molar-refractivity contribution in [2.24, 2.45) is 0 Å². The Labute approximate surface area is 250 Å². The Bertz CT molecular complexity index is 1550. The molecule has 2 aromatic heterocycles. The molecule has 5 rings (SSSR count). The van der Waals surface area contributed by atoms with E-state index in [1.165, 1.54) is 16.7 Å². The number of carbonyl (C=O) groups excluding carboxylic acids is 1. The smallest absolute Gasteiger partial charge is 0.407 e. The predicted molar refractivity (Wildman–Crippen MR) is 171 cm³/mol. The molecule has 2 heterocycles.